The Hall–Kier alpha value is -1.57. The Kier molecular flexibility index (Phi) is 4.32. The summed E-state index contributed by atoms with van der Waals surface area (Å²) in [4.78, 5) is 22.5. The summed E-state index contributed by atoms with van der Waals surface area (Å²) in [5, 5.41) is 14.3. The lowest BCUT2D eigenvalue weighted by molar-refractivity contribution is -0.140. The molecular formula is C12H18N2O5S. The lowest BCUT2D eigenvalue weighted by atomic mass is 10.1. The maximum Gasteiger partial charge on any atom is 0.315 e. The van der Waals surface area contributed by atoms with Gasteiger partial charge in [0.25, 0.3) is 0 Å². The third kappa shape index (κ3) is 3.96. The highest BCUT2D eigenvalue weighted by molar-refractivity contribution is 7.91. The molecule has 0 radical (unpaired) electrons. The average molecular weight is 302 g/mol. The average Bonchev–Trinajstić information content (AvgIpc) is 2.80. The Balaban J connectivity index is 1.74. The third-order valence-electron chi connectivity index (χ3n) is 3.61. The Bertz CT molecular complexity index is 514. The molecule has 2 rings (SSSR count). The molecule has 20 heavy (non-hydrogen) atoms. The number of carboxylic acids is 1. The number of carbonyl (C=O) groups is 2. The van der Waals surface area contributed by atoms with Gasteiger partial charge in [-0.25, -0.2) is 13.2 Å². The molecule has 0 aromatic rings. The van der Waals surface area contributed by atoms with Gasteiger partial charge in [-0.15, -0.1) is 0 Å². The van der Waals surface area contributed by atoms with Gasteiger partial charge in [0, 0.05) is 6.04 Å². The van der Waals surface area contributed by atoms with Crippen molar-refractivity contribution in [2.75, 3.05) is 11.5 Å². The van der Waals surface area contributed by atoms with Crippen LogP contribution in [-0.4, -0.2) is 49.1 Å². The summed E-state index contributed by atoms with van der Waals surface area (Å²) >= 11 is 0. The molecule has 1 aliphatic carbocycles. The Morgan fingerprint density at radius 3 is 2.30 bits per heavy atom. The van der Waals surface area contributed by atoms with Crippen LogP contribution in [0.2, 0.25) is 0 Å². The highest BCUT2D eigenvalue weighted by atomic mass is 32.2. The molecule has 2 atom stereocenters. The summed E-state index contributed by atoms with van der Waals surface area (Å²) in [5.41, 5.74) is 0. The van der Waals surface area contributed by atoms with E-state index in [1.807, 2.05) is 0 Å². The van der Waals surface area contributed by atoms with E-state index >= 15 is 0 Å². The number of hydrogen-bond acceptors (Lipinski definition) is 4. The molecule has 1 aliphatic heterocycles. The largest absolute Gasteiger partial charge is 0.481 e. The van der Waals surface area contributed by atoms with Gasteiger partial charge in [-0.1, -0.05) is 12.2 Å². The van der Waals surface area contributed by atoms with Crippen molar-refractivity contribution in [3.05, 3.63) is 12.2 Å². The van der Waals surface area contributed by atoms with Crippen molar-refractivity contribution in [1.82, 2.24) is 10.6 Å². The zero-order valence-electron chi connectivity index (χ0n) is 10.9. The van der Waals surface area contributed by atoms with E-state index in [-0.39, 0.29) is 29.6 Å². The first-order valence-electron chi connectivity index (χ1n) is 6.54. The molecule has 0 spiro atoms. The van der Waals surface area contributed by atoms with Crippen LogP contribution in [0.15, 0.2) is 12.2 Å². The van der Waals surface area contributed by atoms with Gasteiger partial charge in [-0.3, -0.25) is 4.79 Å². The number of hydrogen-bond donors (Lipinski definition) is 3. The number of sulfone groups is 1. The van der Waals surface area contributed by atoms with E-state index < -0.39 is 21.7 Å². The van der Waals surface area contributed by atoms with Crippen molar-refractivity contribution in [1.29, 1.82) is 0 Å². The molecule has 1 fully saturated rings. The van der Waals surface area contributed by atoms with Crippen LogP contribution in [0.3, 0.4) is 0 Å². The quantitative estimate of drug-likeness (QED) is 0.630. The number of carbonyl (C=O) groups excluding carboxylic acids is 1. The fourth-order valence-corrected chi connectivity index (χ4v) is 3.91. The first-order valence-corrected chi connectivity index (χ1v) is 8.36. The molecule has 0 bridgehead atoms. The van der Waals surface area contributed by atoms with E-state index in [4.69, 9.17) is 5.11 Å². The predicted molar refractivity (Wildman–Crippen MR) is 72.0 cm³/mol. The van der Waals surface area contributed by atoms with Gasteiger partial charge in [0.2, 0.25) is 0 Å². The standard InChI is InChI=1S/C12H18N2O5S/c15-11(16)8-1-2-10(7-8)14-12(17)13-9-3-5-20(18,19)6-4-9/h1-2,8-10H,3-7H2,(H,15,16)(H2,13,14,17). The molecule has 7 nitrogen and oxygen atoms in total. The van der Waals surface area contributed by atoms with Crippen molar-refractivity contribution in [3.8, 4) is 0 Å². The second-order valence-corrected chi connectivity index (χ2v) is 7.52. The van der Waals surface area contributed by atoms with Gasteiger partial charge < -0.3 is 15.7 Å². The summed E-state index contributed by atoms with van der Waals surface area (Å²) in [5.74, 6) is -1.26. The number of aliphatic carboxylic acids is 1. The summed E-state index contributed by atoms with van der Waals surface area (Å²) in [6.07, 6.45) is 4.44. The SMILES string of the molecule is O=C(NC1C=CC(C(=O)O)C1)NC1CCS(=O)(=O)CC1. The number of nitrogens with one attached hydrogen (secondary N) is 2. The molecule has 3 N–H and O–H groups in total. The van der Waals surface area contributed by atoms with E-state index in [9.17, 15) is 18.0 Å². The maximum absolute atomic E-state index is 11.8. The second kappa shape index (κ2) is 5.82. The van der Waals surface area contributed by atoms with E-state index in [1.54, 1.807) is 12.2 Å². The van der Waals surface area contributed by atoms with Crippen molar-refractivity contribution >= 4 is 21.8 Å². The lowest BCUT2D eigenvalue weighted by Gasteiger charge is -2.24. The molecule has 2 unspecified atom stereocenters. The number of urea groups is 1. The molecule has 0 aromatic carbocycles. The van der Waals surface area contributed by atoms with Crippen LogP contribution < -0.4 is 10.6 Å². The minimum absolute atomic E-state index is 0.0996. The normalized spacial score (nSPS) is 29.0. The van der Waals surface area contributed by atoms with Gasteiger partial charge in [-0.05, 0) is 19.3 Å². The molecular weight excluding hydrogens is 284 g/mol. The molecule has 8 heteroatoms. The summed E-state index contributed by atoms with van der Waals surface area (Å²) in [7, 11) is -2.94. The Morgan fingerprint density at radius 2 is 1.75 bits per heavy atom. The van der Waals surface area contributed by atoms with Crippen molar-refractivity contribution < 1.29 is 23.1 Å². The number of carboxylic acid groups (broad SMARTS) is 1. The molecule has 1 saturated heterocycles. The van der Waals surface area contributed by atoms with Crippen LogP contribution in [0.1, 0.15) is 19.3 Å². The lowest BCUT2D eigenvalue weighted by Crippen LogP contribution is -2.48. The second-order valence-electron chi connectivity index (χ2n) is 5.22. The van der Waals surface area contributed by atoms with Crippen molar-refractivity contribution in [3.63, 3.8) is 0 Å². The fraction of sp³-hybridized carbons (Fsp3) is 0.667. The van der Waals surface area contributed by atoms with Crippen molar-refractivity contribution in [2.45, 2.75) is 31.3 Å². The summed E-state index contributed by atoms with van der Waals surface area (Å²) in [6, 6.07) is -0.808. The van der Waals surface area contributed by atoms with Gasteiger partial charge in [0.05, 0.1) is 23.5 Å². The Morgan fingerprint density at radius 1 is 1.10 bits per heavy atom. The zero-order valence-corrected chi connectivity index (χ0v) is 11.7. The first-order chi connectivity index (χ1) is 9.35. The van der Waals surface area contributed by atoms with Crippen LogP contribution in [0.4, 0.5) is 4.79 Å². The smallest absolute Gasteiger partial charge is 0.315 e. The van der Waals surface area contributed by atoms with Crippen LogP contribution in [0.5, 0.6) is 0 Å². The topological polar surface area (TPSA) is 113 Å². The van der Waals surface area contributed by atoms with Gasteiger partial charge in [-0.2, -0.15) is 0 Å². The van der Waals surface area contributed by atoms with Gasteiger partial charge in [0.15, 0.2) is 0 Å². The van der Waals surface area contributed by atoms with Crippen LogP contribution >= 0.6 is 0 Å². The van der Waals surface area contributed by atoms with E-state index in [0.29, 0.717) is 19.3 Å². The fourth-order valence-electron chi connectivity index (χ4n) is 2.42. The monoisotopic (exact) mass is 302 g/mol. The Labute approximate surface area is 117 Å². The maximum atomic E-state index is 11.8. The minimum atomic E-state index is -2.94. The van der Waals surface area contributed by atoms with E-state index in [1.165, 1.54) is 0 Å². The molecule has 2 aliphatic rings. The molecule has 1 heterocycles. The predicted octanol–water partition coefficient (Wildman–Crippen LogP) is -0.108. The minimum Gasteiger partial charge on any atom is -0.481 e. The van der Waals surface area contributed by atoms with E-state index in [0.717, 1.165) is 0 Å². The van der Waals surface area contributed by atoms with Crippen molar-refractivity contribution in [2.24, 2.45) is 5.92 Å². The highest BCUT2D eigenvalue weighted by Gasteiger charge is 2.27. The van der Waals surface area contributed by atoms with Gasteiger partial charge >= 0.3 is 12.0 Å². The van der Waals surface area contributed by atoms with E-state index in [2.05, 4.69) is 10.6 Å². The van der Waals surface area contributed by atoms with Crippen LogP contribution in [0, 0.1) is 5.92 Å². The highest BCUT2D eigenvalue weighted by Crippen LogP contribution is 2.18. The molecule has 0 aromatic heterocycles. The zero-order chi connectivity index (χ0) is 14.8. The molecule has 2 amide bonds. The number of amides is 2. The summed E-state index contributed by atoms with van der Waals surface area (Å²) in [6.45, 7) is 0. The van der Waals surface area contributed by atoms with Crippen LogP contribution in [0.25, 0.3) is 0 Å². The van der Waals surface area contributed by atoms with Gasteiger partial charge in [0.1, 0.15) is 9.84 Å². The molecule has 112 valence electrons. The van der Waals surface area contributed by atoms with Crippen LogP contribution in [-0.2, 0) is 14.6 Å². The third-order valence-corrected chi connectivity index (χ3v) is 5.32. The number of rotatable bonds is 3. The first kappa shape index (κ1) is 14.8. The molecule has 0 saturated carbocycles. The summed E-state index contributed by atoms with van der Waals surface area (Å²) < 4.78 is 22.5.